The Hall–Kier alpha value is -1.36. The first-order chi connectivity index (χ1) is 7.77. The summed E-state index contributed by atoms with van der Waals surface area (Å²) in [6.07, 6.45) is 6.03. The zero-order valence-electron chi connectivity index (χ0n) is 9.70. The number of imidazole rings is 1. The number of amides is 1. The van der Waals surface area contributed by atoms with Crippen molar-refractivity contribution in [1.29, 1.82) is 0 Å². The Morgan fingerprint density at radius 2 is 2.50 bits per heavy atom. The van der Waals surface area contributed by atoms with Crippen LogP contribution >= 0.6 is 0 Å². The smallest absolute Gasteiger partial charge is 0.224 e. The third kappa shape index (κ3) is 4.02. The molecule has 1 amide bonds. The van der Waals surface area contributed by atoms with Gasteiger partial charge in [-0.25, -0.2) is 4.98 Å². The van der Waals surface area contributed by atoms with Crippen molar-refractivity contribution in [1.82, 2.24) is 15.3 Å². The zero-order valence-corrected chi connectivity index (χ0v) is 9.70. The second-order valence-corrected chi connectivity index (χ2v) is 3.80. The fourth-order valence-corrected chi connectivity index (χ4v) is 1.59. The van der Waals surface area contributed by atoms with E-state index in [4.69, 9.17) is 5.73 Å². The minimum atomic E-state index is -0.0541. The number of nitrogens with one attached hydrogen (secondary N) is 2. The number of aromatic nitrogens is 2. The van der Waals surface area contributed by atoms with E-state index < -0.39 is 0 Å². The fourth-order valence-electron chi connectivity index (χ4n) is 1.59. The molecule has 0 aromatic carbocycles. The van der Waals surface area contributed by atoms with Crippen molar-refractivity contribution in [3.05, 3.63) is 18.2 Å². The van der Waals surface area contributed by atoms with Gasteiger partial charge in [0.15, 0.2) is 0 Å². The van der Waals surface area contributed by atoms with E-state index >= 15 is 0 Å². The Morgan fingerprint density at radius 1 is 1.69 bits per heavy atom. The summed E-state index contributed by atoms with van der Waals surface area (Å²) in [5, 5.41) is 2.88. The molecule has 1 heterocycles. The Morgan fingerprint density at radius 3 is 3.06 bits per heavy atom. The van der Waals surface area contributed by atoms with E-state index in [1.807, 2.05) is 0 Å². The minimum absolute atomic E-state index is 0.0518. The molecule has 0 bridgehead atoms. The topological polar surface area (TPSA) is 83.8 Å². The number of nitrogens with zero attached hydrogens (tertiary/aromatic N) is 1. The van der Waals surface area contributed by atoms with Crippen LogP contribution in [0, 0.1) is 5.92 Å². The molecule has 0 aliphatic rings. The Kier molecular flexibility index (Phi) is 5.56. The number of hydrogen-bond donors (Lipinski definition) is 3. The molecule has 1 unspecified atom stereocenters. The monoisotopic (exact) mass is 224 g/mol. The van der Waals surface area contributed by atoms with Crippen LogP contribution < -0.4 is 11.1 Å². The number of rotatable bonds is 7. The van der Waals surface area contributed by atoms with E-state index in [0.717, 1.165) is 25.1 Å². The van der Waals surface area contributed by atoms with Crippen molar-refractivity contribution in [2.75, 3.05) is 13.1 Å². The van der Waals surface area contributed by atoms with E-state index in [2.05, 4.69) is 22.2 Å². The predicted octanol–water partition coefficient (Wildman–Crippen LogP) is 0.443. The van der Waals surface area contributed by atoms with Gasteiger partial charge in [0.2, 0.25) is 5.91 Å². The maximum atomic E-state index is 11.7. The molecule has 0 saturated carbocycles. The summed E-state index contributed by atoms with van der Waals surface area (Å²) in [6, 6.07) is 0. The van der Waals surface area contributed by atoms with Gasteiger partial charge in [-0.15, -0.1) is 0 Å². The van der Waals surface area contributed by atoms with Gasteiger partial charge in [-0.05, 0) is 6.42 Å². The van der Waals surface area contributed by atoms with Crippen molar-refractivity contribution in [2.24, 2.45) is 11.7 Å². The van der Waals surface area contributed by atoms with Crippen molar-refractivity contribution < 1.29 is 4.79 Å². The second kappa shape index (κ2) is 7.00. The van der Waals surface area contributed by atoms with Crippen molar-refractivity contribution >= 4 is 5.91 Å². The largest absolute Gasteiger partial charge is 0.355 e. The lowest BCUT2D eigenvalue weighted by Gasteiger charge is -2.13. The van der Waals surface area contributed by atoms with Crippen LogP contribution in [-0.2, 0) is 11.2 Å². The molecule has 0 spiro atoms. The van der Waals surface area contributed by atoms with Crippen molar-refractivity contribution in [3.8, 4) is 0 Å². The highest BCUT2D eigenvalue weighted by atomic mass is 16.1. The van der Waals surface area contributed by atoms with Gasteiger partial charge in [0.25, 0.3) is 0 Å². The van der Waals surface area contributed by atoms with Gasteiger partial charge in [0.1, 0.15) is 5.82 Å². The highest BCUT2D eigenvalue weighted by Crippen LogP contribution is 2.04. The maximum absolute atomic E-state index is 11.7. The molecule has 4 N–H and O–H groups in total. The van der Waals surface area contributed by atoms with Crippen molar-refractivity contribution in [2.45, 2.75) is 26.2 Å². The molecule has 0 saturated heterocycles. The van der Waals surface area contributed by atoms with Crippen LogP contribution in [0.2, 0.25) is 0 Å². The fraction of sp³-hybridized carbons (Fsp3) is 0.636. The summed E-state index contributed by atoms with van der Waals surface area (Å²) in [5.41, 5.74) is 5.55. The summed E-state index contributed by atoms with van der Waals surface area (Å²) in [7, 11) is 0. The normalized spacial score (nSPS) is 12.4. The molecule has 0 fully saturated rings. The lowest BCUT2D eigenvalue weighted by Crippen LogP contribution is -2.36. The van der Waals surface area contributed by atoms with Gasteiger partial charge in [-0.3, -0.25) is 4.79 Å². The van der Waals surface area contributed by atoms with Gasteiger partial charge in [0.05, 0.1) is 5.92 Å². The molecule has 0 radical (unpaired) electrons. The summed E-state index contributed by atoms with van der Waals surface area (Å²) < 4.78 is 0. The van der Waals surface area contributed by atoms with Crippen LogP contribution in [0.1, 0.15) is 25.6 Å². The van der Waals surface area contributed by atoms with E-state index in [9.17, 15) is 4.79 Å². The molecule has 0 aliphatic carbocycles. The van der Waals surface area contributed by atoms with Gasteiger partial charge in [0, 0.05) is 31.9 Å². The second-order valence-electron chi connectivity index (χ2n) is 3.80. The summed E-state index contributed by atoms with van der Waals surface area (Å²) in [4.78, 5) is 18.7. The summed E-state index contributed by atoms with van der Waals surface area (Å²) in [5.74, 6) is 0.887. The van der Waals surface area contributed by atoms with Gasteiger partial charge < -0.3 is 16.0 Å². The summed E-state index contributed by atoms with van der Waals surface area (Å²) >= 11 is 0. The Labute approximate surface area is 95.8 Å². The number of carbonyl (C=O) groups is 1. The van der Waals surface area contributed by atoms with Crippen LogP contribution in [0.15, 0.2) is 12.4 Å². The highest BCUT2D eigenvalue weighted by molar-refractivity contribution is 5.78. The average molecular weight is 224 g/mol. The van der Waals surface area contributed by atoms with E-state index in [1.54, 1.807) is 12.4 Å². The minimum Gasteiger partial charge on any atom is -0.355 e. The summed E-state index contributed by atoms with van der Waals surface area (Å²) in [6.45, 7) is 3.08. The van der Waals surface area contributed by atoms with Crippen LogP contribution in [0.4, 0.5) is 0 Å². The molecular formula is C11H20N4O. The van der Waals surface area contributed by atoms with Gasteiger partial charge >= 0.3 is 0 Å². The quantitative estimate of drug-likeness (QED) is 0.628. The molecule has 1 atom stereocenters. The molecule has 16 heavy (non-hydrogen) atoms. The van der Waals surface area contributed by atoms with Gasteiger partial charge in [-0.2, -0.15) is 0 Å². The SMILES string of the molecule is CCCC(CN)C(=O)NCCc1ncc[nH]1. The van der Waals surface area contributed by atoms with Crippen LogP contribution in [0.3, 0.4) is 0 Å². The van der Waals surface area contributed by atoms with E-state index in [0.29, 0.717) is 13.1 Å². The lowest BCUT2D eigenvalue weighted by atomic mass is 10.0. The first-order valence-electron chi connectivity index (χ1n) is 5.74. The maximum Gasteiger partial charge on any atom is 0.224 e. The Bertz CT molecular complexity index is 297. The Balaban J connectivity index is 2.23. The first kappa shape index (κ1) is 12.7. The lowest BCUT2D eigenvalue weighted by molar-refractivity contribution is -0.124. The number of hydrogen-bond acceptors (Lipinski definition) is 3. The average Bonchev–Trinajstić information content (AvgIpc) is 2.78. The molecule has 5 nitrogen and oxygen atoms in total. The molecule has 5 heteroatoms. The standard InChI is InChI=1S/C11H20N4O/c1-2-3-9(8-12)11(16)15-5-4-10-13-6-7-14-10/h6-7,9H,2-5,8,12H2,1H3,(H,13,14)(H,15,16). The van der Waals surface area contributed by atoms with Crippen LogP contribution in [0.25, 0.3) is 0 Å². The number of carbonyl (C=O) groups excluding carboxylic acids is 1. The molecule has 1 aromatic rings. The highest BCUT2D eigenvalue weighted by Gasteiger charge is 2.14. The number of H-pyrrole nitrogens is 1. The van der Waals surface area contributed by atoms with E-state index in [1.165, 1.54) is 0 Å². The first-order valence-corrected chi connectivity index (χ1v) is 5.74. The van der Waals surface area contributed by atoms with Gasteiger partial charge in [-0.1, -0.05) is 13.3 Å². The van der Waals surface area contributed by atoms with Crippen LogP contribution in [0.5, 0.6) is 0 Å². The van der Waals surface area contributed by atoms with Crippen molar-refractivity contribution in [3.63, 3.8) is 0 Å². The molecule has 1 rings (SSSR count). The third-order valence-electron chi connectivity index (χ3n) is 2.51. The molecular weight excluding hydrogens is 204 g/mol. The zero-order chi connectivity index (χ0) is 11.8. The molecule has 0 aliphatic heterocycles. The molecule has 1 aromatic heterocycles. The van der Waals surface area contributed by atoms with Crippen LogP contribution in [-0.4, -0.2) is 29.0 Å². The number of nitrogens with two attached hydrogens (primary N) is 1. The molecule has 90 valence electrons. The predicted molar refractivity (Wildman–Crippen MR) is 62.8 cm³/mol. The number of aromatic amines is 1. The third-order valence-corrected chi connectivity index (χ3v) is 2.51. The van der Waals surface area contributed by atoms with E-state index in [-0.39, 0.29) is 11.8 Å².